The highest BCUT2D eigenvalue weighted by molar-refractivity contribution is 5.91. The summed E-state index contributed by atoms with van der Waals surface area (Å²) in [5.41, 5.74) is 3.50. The number of nitrogens with one attached hydrogen (secondary N) is 1. The molecule has 1 aromatic heterocycles. The number of para-hydroxylation sites is 1. The fourth-order valence-electron chi connectivity index (χ4n) is 4.13. The average Bonchev–Trinajstić information content (AvgIpc) is 3.00. The summed E-state index contributed by atoms with van der Waals surface area (Å²) in [6, 6.07) is 18.8. The van der Waals surface area contributed by atoms with Crippen LogP contribution in [0.25, 0.3) is 10.9 Å². The van der Waals surface area contributed by atoms with Gasteiger partial charge in [0, 0.05) is 54.7 Å². The zero-order valence-corrected chi connectivity index (χ0v) is 24.2. The van der Waals surface area contributed by atoms with E-state index in [0.29, 0.717) is 30.9 Å². The molecule has 1 aliphatic heterocycles. The molecule has 44 heavy (non-hydrogen) atoms. The number of carboxylic acid groups (broad SMARTS) is 4. The Morgan fingerprint density at radius 1 is 0.795 bits per heavy atom. The van der Waals surface area contributed by atoms with E-state index in [2.05, 4.69) is 51.6 Å². The first-order valence-corrected chi connectivity index (χ1v) is 13.9. The number of ether oxygens (including phenoxy) is 1. The van der Waals surface area contributed by atoms with E-state index in [9.17, 15) is 19.2 Å². The smallest absolute Gasteiger partial charge is 0.328 e. The highest BCUT2D eigenvalue weighted by Gasteiger charge is 2.10. The van der Waals surface area contributed by atoms with Crippen LogP contribution in [0, 0.1) is 0 Å². The number of carboxylic acids is 4. The van der Waals surface area contributed by atoms with Gasteiger partial charge in [-0.05, 0) is 62.2 Å². The molecule has 5 N–H and O–H groups in total. The summed E-state index contributed by atoms with van der Waals surface area (Å²) < 4.78 is 5.99. The van der Waals surface area contributed by atoms with Crippen molar-refractivity contribution in [3.8, 4) is 5.75 Å². The molecule has 0 spiro atoms. The summed E-state index contributed by atoms with van der Waals surface area (Å²) in [7, 11) is 0. The lowest BCUT2D eigenvalue weighted by Gasteiger charge is -2.26. The maximum atomic E-state index is 9.55. The topological polar surface area (TPSA) is 187 Å². The molecule has 12 heteroatoms. The van der Waals surface area contributed by atoms with Crippen LogP contribution in [0.3, 0.4) is 0 Å². The fourth-order valence-corrected chi connectivity index (χ4v) is 4.13. The lowest BCUT2D eigenvalue weighted by Crippen LogP contribution is -2.29. The Bertz CT molecular complexity index is 1360. The summed E-state index contributed by atoms with van der Waals surface area (Å²) in [4.78, 5) is 45.2. The van der Waals surface area contributed by atoms with Crippen LogP contribution in [0.4, 0.5) is 5.69 Å². The number of anilines is 1. The zero-order chi connectivity index (χ0) is 32.2. The molecule has 0 unspecified atom stereocenters. The molecule has 0 atom stereocenters. The molecule has 1 saturated heterocycles. The first-order valence-electron chi connectivity index (χ1n) is 13.9. The van der Waals surface area contributed by atoms with E-state index in [1.165, 1.54) is 37.9 Å². The number of nitrogens with zero attached hydrogens (tertiary/aromatic N) is 2. The van der Waals surface area contributed by atoms with E-state index >= 15 is 0 Å². The van der Waals surface area contributed by atoms with Gasteiger partial charge in [-0.1, -0.05) is 36.8 Å². The minimum Gasteiger partial charge on any atom is -0.494 e. The van der Waals surface area contributed by atoms with E-state index in [1.54, 1.807) is 0 Å². The molecule has 2 aromatic carbocycles. The second-order valence-corrected chi connectivity index (χ2v) is 9.51. The molecular formula is C32H37N3O9. The Morgan fingerprint density at radius 3 is 2.02 bits per heavy atom. The summed E-state index contributed by atoms with van der Waals surface area (Å²) in [5.74, 6) is -4.05. The van der Waals surface area contributed by atoms with Gasteiger partial charge < -0.3 is 30.5 Å². The van der Waals surface area contributed by atoms with Crippen LogP contribution >= 0.6 is 0 Å². The number of carbonyl (C=O) groups is 4. The van der Waals surface area contributed by atoms with Crippen molar-refractivity contribution >= 4 is 40.5 Å². The number of aromatic nitrogens is 1. The minimum atomic E-state index is -1.26. The van der Waals surface area contributed by atoms with Crippen LogP contribution in [0.1, 0.15) is 31.2 Å². The number of rotatable bonds is 12. The number of aliphatic carboxylic acids is 4. The second kappa shape index (κ2) is 19.8. The molecule has 1 aliphatic rings. The maximum absolute atomic E-state index is 9.55. The van der Waals surface area contributed by atoms with Gasteiger partial charge in [-0.3, -0.25) is 9.88 Å². The number of pyridine rings is 1. The Hall–Kier alpha value is -5.23. The highest BCUT2D eigenvalue weighted by atomic mass is 16.5. The minimum absolute atomic E-state index is 0.558. The van der Waals surface area contributed by atoms with Gasteiger partial charge in [-0.15, -0.1) is 0 Å². The predicted molar refractivity (Wildman–Crippen MR) is 165 cm³/mol. The van der Waals surface area contributed by atoms with Crippen molar-refractivity contribution in [2.75, 3.05) is 31.6 Å². The maximum Gasteiger partial charge on any atom is 0.328 e. The molecule has 2 heterocycles. The summed E-state index contributed by atoms with van der Waals surface area (Å²) in [5, 5.41) is 35.9. The van der Waals surface area contributed by atoms with Crippen LogP contribution in [0.15, 0.2) is 85.1 Å². The number of benzene rings is 2. The van der Waals surface area contributed by atoms with Crippen molar-refractivity contribution in [1.82, 2.24) is 9.88 Å². The third-order valence-corrected chi connectivity index (χ3v) is 6.04. The summed E-state index contributed by atoms with van der Waals surface area (Å²) in [6.07, 6.45) is 9.08. The first kappa shape index (κ1) is 35.0. The lowest BCUT2D eigenvalue weighted by atomic mass is 10.1. The van der Waals surface area contributed by atoms with Crippen molar-refractivity contribution in [3.63, 3.8) is 0 Å². The van der Waals surface area contributed by atoms with E-state index in [1.807, 2.05) is 24.4 Å². The quantitative estimate of drug-likeness (QED) is 0.143. The summed E-state index contributed by atoms with van der Waals surface area (Å²) in [6.45, 7) is 5.07. The van der Waals surface area contributed by atoms with Gasteiger partial charge in [0.15, 0.2) is 0 Å². The van der Waals surface area contributed by atoms with Crippen molar-refractivity contribution in [1.29, 1.82) is 0 Å². The predicted octanol–water partition coefficient (Wildman–Crippen LogP) is 4.53. The monoisotopic (exact) mass is 607 g/mol. The third-order valence-electron chi connectivity index (χ3n) is 6.04. The van der Waals surface area contributed by atoms with Gasteiger partial charge in [0.25, 0.3) is 0 Å². The SMILES string of the molecule is O=C(O)/C=C\C(=O)O.O=C(O)/C=C\C(=O)O.c1cc(CN2CCCCC2)cc(OCCCNc2ccnc3ccccc23)c1. The number of fused-ring (bicyclic) bond motifs is 1. The normalized spacial score (nSPS) is 12.9. The molecule has 0 saturated carbocycles. The Kier molecular flexibility index (Phi) is 15.7. The molecule has 12 nitrogen and oxygen atoms in total. The molecule has 0 amide bonds. The Labute approximate surface area is 254 Å². The number of likely N-dealkylation sites (tertiary alicyclic amines) is 1. The van der Waals surface area contributed by atoms with Crippen molar-refractivity contribution < 1.29 is 44.3 Å². The van der Waals surface area contributed by atoms with Crippen molar-refractivity contribution in [2.45, 2.75) is 32.2 Å². The van der Waals surface area contributed by atoms with E-state index in [0.717, 1.165) is 41.9 Å². The largest absolute Gasteiger partial charge is 0.494 e. The van der Waals surface area contributed by atoms with E-state index in [4.69, 9.17) is 25.2 Å². The molecule has 1 fully saturated rings. The van der Waals surface area contributed by atoms with Gasteiger partial charge in [-0.2, -0.15) is 0 Å². The van der Waals surface area contributed by atoms with Crippen molar-refractivity contribution in [3.05, 3.63) is 90.7 Å². The number of hydrogen-bond donors (Lipinski definition) is 5. The molecule has 0 bridgehead atoms. The van der Waals surface area contributed by atoms with Gasteiger partial charge in [0.2, 0.25) is 0 Å². The van der Waals surface area contributed by atoms with Crippen LogP contribution in [0.5, 0.6) is 5.75 Å². The first-order chi connectivity index (χ1) is 21.1. The fraction of sp³-hybridized carbons (Fsp3) is 0.281. The number of hydrogen-bond acceptors (Lipinski definition) is 8. The Balaban J connectivity index is 0.000000349. The molecule has 0 radical (unpaired) electrons. The zero-order valence-electron chi connectivity index (χ0n) is 24.2. The van der Waals surface area contributed by atoms with Crippen LogP contribution in [0.2, 0.25) is 0 Å². The van der Waals surface area contributed by atoms with Gasteiger partial charge in [0.1, 0.15) is 5.75 Å². The van der Waals surface area contributed by atoms with Gasteiger partial charge in [-0.25, -0.2) is 19.2 Å². The summed E-state index contributed by atoms with van der Waals surface area (Å²) >= 11 is 0. The van der Waals surface area contributed by atoms with E-state index in [-0.39, 0.29) is 0 Å². The van der Waals surface area contributed by atoms with Crippen LogP contribution in [-0.4, -0.2) is 80.4 Å². The Morgan fingerprint density at radius 2 is 1.41 bits per heavy atom. The molecule has 4 rings (SSSR count). The molecule has 234 valence electrons. The standard InChI is InChI=1S/C24H29N3O.2C4H4O4/c1-4-15-27(16-5-1)19-20-8-6-9-21(18-20)28-17-7-13-25-24-12-14-26-23-11-3-2-10-22(23)24;2*5-3(6)1-2-4(7)8/h2-3,6,8-12,14,18H,1,4-5,7,13,15-17,19H2,(H,25,26);2*1-2H,(H,5,6)(H,7,8)/b;2*2-1-. The molecular weight excluding hydrogens is 570 g/mol. The third kappa shape index (κ3) is 15.1. The number of piperidine rings is 1. The van der Waals surface area contributed by atoms with Crippen LogP contribution < -0.4 is 10.1 Å². The highest BCUT2D eigenvalue weighted by Crippen LogP contribution is 2.21. The van der Waals surface area contributed by atoms with E-state index < -0.39 is 23.9 Å². The average molecular weight is 608 g/mol. The lowest BCUT2D eigenvalue weighted by molar-refractivity contribution is -0.134. The van der Waals surface area contributed by atoms with Gasteiger partial charge >= 0.3 is 23.9 Å². The molecule has 3 aromatic rings. The second-order valence-electron chi connectivity index (χ2n) is 9.51. The van der Waals surface area contributed by atoms with Crippen molar-refractivity contribution in [2.24, 2.45) is 0 Å². The van der Waals surface area contributed by atoms with Crippen LogP contribution in [-0.2, 0) is 25.7 Å². The van der Waals surface area contributed by atoms with Gasteiger partial charge in [0.05, 0.1) is 12.1 Å². The molecule has 0 aliphatic carbocycles.